The molecule has 0 unspecified atom stereocenters. The average Bonchev–Trinajstić information content (AvgIpc) is 2.60. The van der Waals surface area contributed by atoms with E-state index < -0.39 is 48.2 Å². The summed E-state index contributed by atoms with van der Waals surface area (Å²) in [5, 5.41) is 4.91. The molecule has 1 aromatic carbocycles. The van der Waals surface area contributed by atoms with Crippen molar-refractivity contribution in [1.82, 2.24) is 10.6 Å². The molecule has 0 saturated heterocycles. The second-order valence-electron chi connectivity index (χ2n) is 7.12. The molecule has 0 aliphatic carbocycles. The summed E-state index contributed by atoms with van der Waals surface area (Å²) in [5.41, 5.74) is 17.2. The van der Waals surface area contributed by atoms with Crippen LogP contribution in [0.5, 0.6) is 0 Å². The third kappa shape index (κ3) is 8.17. The quantitative estimate of drug-likeness (QED) is 0.323. The number of rotatable bonds is 11. The summed E-state index contributed by atoms with van der Waals surface area (Å²) in [4.78, 5) is 47.9. The molecule has 0 fully saturated rings. The third-order valence-electron chi connectivity index (χ3n) is 4.04. The van der Waals surface area contributed by atoms with Crippen molar-refractivity contribution in [3.8, 4) is 0 Å². The molecule has 0 spiro atoms. The van der Waals surface area contributed by atoms with Crippen molar-refractivity contribution < 1.29 is 19.2 Å². The summed E-state index contributed by atoms with van der Waals surface area (Å²) in [5.74, 6) is -2.65. The fourth-order valence-electron chi connectivity index (χ4n) is 2.65. The Bertz CT molecular complexity index is 693. The van der Waals surface area contributed by atoms with Gasteiger partial charge in [0.15, 0.2) is 0 Å². The number of hydrogen-bond donors (Lipinski definition) is 5. The van der Waals surface area contributed by atoms with E-state index in [-0.39, 0.29) is 12.3 Å². The van der Waals surface area contributed by atoms with E-state index in [1.54, 1.807) is 24.3 Å². The van der Waals surface area contributed by atoms with E-state index in [0.29, 0.717) is 6.42 Å². The first kappa shape index (κ1) is 23.1. The maximum Gasteiger partial charge on any atom is 0.243 e. The molecule has 0 aliphatic rings. The van der Waals surface area contributed by atoms with Gasteiger partial charge in [-0.25, -0.2) is 0 Å². The van der Waals surface area contributed by atoms with Crippen molar-refractivity contribution in [1.29, 1.82) is 0 Å². The van der Waals surface area contributed by atoms with E-state index in [4.69, 9.17) is 17.2 Å². The molecule has 9 nitrogen and oxygen atoms in total. The Balaban J connectivity index is 2.84. The van der Waals surface area contributed by atoms with Gasteiger partial charge in [-0.2, -0.15) is 0 Å². The molecule has 1 rings (SSSR count). The van der Waals surface area contributed by atoms with Crippen LogP contribution in [0.4, 0.5) is 0 Å². The first-order valence-electron chi connectivity index (χ1n) is 9.08. The van der Waals surface area contributed by atoms with Gasteiger partial charge in [-0.3, -0.25) is 19.2 Å². The minimum absolute atomic E-state index is 0.173. The lowest BCUT2D eigenvalue weighted by atomic mass is 10.0. The summed E-state index contributed by atoms with van der Waals surface area (Å²) >= 11 is 0. The zero-order valence-corrected chi connectivity index (χ0v) is 16.2. The fourth-order valence-corrected chi connectivity index (χ4v) is 2.65. The normalized spacial score (nSPS) is 14.0. The van der Waals surface area contributed by atoms with Crippen molar-refractivity contribution in [2.75, 3.05) is 0 Å². The van der Waals surface area contributed by atoms with Crippen LogP contribution in [0, 0.1) is 5.92 Å². The Kier molecular flexibility index (Phi) is 9.10. The Morgan fingerprint density at radius 3 is 2.00 bits per heavy atom. The van der Waals surface area contributed by atoms with Crippen LogP contribution in [-0.4, -0.2) is 41.8 Å². The second-order valence-corrected chi connectivity index (χ2v) is 7.12. The van der Waals surface area contributed by atoms with E-state index in [9.17, 15) is 19.2 Å². The molecule has 1 aromatic rings. The zero-order chi connectivity index (χ0) is 21.3. The van der Waals surface area contributed by atoms with Gasteiger partial charge in [0.05, 0.1) is 12.5 Å². The van der Waals surface area contributed by atoms with E-state index in [2.05, 4.69) is 10.6 Å². The van der Waals surface area contributed by atoms with Crippen LogP contribution in [0.3, 0.4) is 0 Å². The summed E-state index contributed by atoms with van der Waals surface area (Å²) in [6.45, 7) is 3.81. The highest BCUT2D eigenvalue weighted by molar-refractivity contribution is 5.95. The summed E-state index contributed by atoms with van der Waals surface area (Å²) in [6.07, 6.45) is 0.156. The van der Waals surface area contributed by atoms with Crippen molar-refractivity contribution in [2.24, 2.45) is 23.1 Å². The largest absolute Gasteiger partial charge is 0.370 e. The van der Waals surface area contributed by atoms with Gasteiger partial charge in [-0.15, -0.1) is 0 Å². The fraction of sp³-hybridized carbons (Fsp3) is 0.474. The molecule has 0 bridgehead atoms. The number of carbonyl (C=O) groups is 4. The zero-order valence-electron chi connectivity index (χ0n) is 16.2. The van der Waals surface area contributed by atoms with Gasteiger partial charge in [0.1, 0.15) is 12.1 Å². The number of nitrogens with one attached hydrogen (secondary N) is 2. The van der Waals surface area contributed by atoms with Gasteiger partial charge < -0.3 is 27.8 Å². The average molecular weight is 391 g/mol. The predicted molar refractivity (Wildman–Crippen MR) is 104 cm³/mol. The summed E-state index contributed by atoms with van der Waals surface area (Å²) in [6, 6.07) is 5.89. The van der Waals surface area contributed by atoms with E-state index in [1.165, 1.54) is 0 Å². The second kappa shape index (κ2) is 11.0. The number of benzene rings is 1. The van der Waals surface area contributed by atoms with Crippen LogP contribution in [0.15, 0.2) is 30.3 Å². The van der Waals surface area contributed by atoms with Crippen molar-refractivity contribution >= 4 is 23.6 Å². The molecule has 0 aliphatic heterocycles. The molecule has 28 heavy (non-hydrogen) atoms. The lowest BCUT2D eigenvalue weighted by molar-refractivity contribution is -0.133. The highest BCUT2D eigenvalue weighted by atomic mass is 16.2. The van der Waals surface area contributed by atoms with Crippen molar-refractivity contribution in [2.45, 2.75) is 51.2 Å². The monoisotopic (exact) mass is 391 g/mol. The van der Waals surface area contributed by atoms with Crippen molar-refractivity contribution in [3.63, 3.8) is 0 Å². The highest BCUT2D eigenvalue weighted by Crippen LogP contribution is 2.06. The van der Waals surface area contributed by atoms with Gasteiger partial charge in [0.25, 0.3) is 0 Å². The maximum absolute atomic E-state index is 12.6. The SMILES string of the molecule is CC(C)C[C@H](N)C(=O)N[C@@H](CC(N)=O)C(=O)N[C@@H](Cc1ccccc1)C(N)=O. The molecule has 8 N–H and O–H groups in total. The van der Waals surface area contributed by atoms with Crippen LogP contribution >= 0.6 is 0 Å². The summed E-state index contributed by atoms with van der Waals surface area (Å²) in [7, 11) is 0. The summed E-state index contributed by atoms with van der Waals surface area (Å²) < 4.78 is 0. The molecule has 0 heterocycles. The first-order chi connectivity index (χ1) is 13.1. The molecular formula is C19H29N5O4. The van der Waals surface area contributed by atoms with Gasteiger partial charge in [-0.05, 0) is 17.9 Å². The van der Waals surface area contributed by atoms with E-state index >= 15 is 0 Å². The lowest BCUT2D eigenvalue weighted by Gasteiger charge is -2.23. The third-order valence-corrected chi connectivity index (χ3v) is 4.04. The van der Waals surface area contributed by atoms with Gasteiger partial charge >= 0.3 is 0 Å². The Morgan fingerprint density at radius 1 is 0.929 bits per heavy atom. The minimum Gasteiger partial charge on any atom is -0.370 e. The molecule has 9 heteroatoms. The topological polar surface area (TPSA) is 170 Å². The van der Waals surface area contributed by atoms with Crippen LogP contribution < -0.4 is 27.8 Å². The van der Waals surface area contributed by atoms with Crippen molar-refractivity contribution in [3.05, 3.63) is 35.9 Å². The molecular weight excluding hydrogens is 362 g/mol. The van der Waals surface area contributed by atoms with Gasteiger partial charge in [0, 0.05) is 6.42 Å². The lowest BCUT2D eigenvalue weighted by Crippen LogP contribution is -2.56. The number of primary amides is 2. The van der Waals surface area contributed by atoms with Gasteiger partial charge in [0.2, 0.25) is 23.6 Å². The van der Waals surface area contributed by atoms with Crippen LogP contribution in [0.2, 0.25) is 0 Å². The molecule has 0 aromatic heterocycles. The highest BCUT2D eigenvalue weighted by Gasteiger charge is 2.28. The molecule has 3 atom stereocenters. The van der Waals surface area contributed by atoms with Gasteiger partial charge in [-0.1, -0.05) is 44.2 Å². The first-order valence-corrected chi connectivity index (χ1v) is 9.08. The Hall–Kier alpha value is -2.94. The number of nitrogens with two attached hydrogens (primary N) is 3. The van der Waals surface area contributed by atoms with E-state index in [0.717, 1.165) is 5.56 Å². The molecule has 0 radical (unpaired) electrons. The minimum atomic E-state index is -1.25. The maximum atomic E-state index is 12.6. The Labute approximate surface area is 164 Å². The Morgan fingerprint density at radius 2 is 1.50 bits per heavy atom. The van der Waals surface area contributed by atoms with Crippen LogP contribution in [0.25, 0.3) is 0 Å². The molecule has 4 amide bonds. The number of carbonyl (C=O) groups excluding carboxylic acids is 4. The molecule has 0 saturated carbocycles. The number of amides is 4. The smallest absolute Gasteiger partial charge is 0.243 e. The predicted octanol–water partition coefficient (Wildman–Crippen LogP) is -1.07. The van der Waals surface area contributed by atoms with Crippen LogP contribution in [-0.2, 0) is 25.6 Å². The van der Waals surface area contributed by atoms with Crippen LogP contribution in [0.1, 0.15) is 32.3 Å². The number of hydrogen-bond acceptors (Lipinski definition) is 5. The standard InChI is InChI=1S/C19H29N5O4/c1-11(2)8-13(20)18(27)24-15(10-16(21)25)19(28)23-14(17(22)26)9-12-6-4-3-5-7-12/h3-7,11,13-15H,8-10,20H2,1-2H3,(H2,21,25)(H2,22,26)(H,23,28)(H,24,27)/t13-,14-,15-/m0/s1. The molecule has 154 valence electrons. The van der Waals surface area contributed by atoms with E-state index in [1.807, 2.05) is 19.9 Å².